The summed E-state index contributed by atoms with van der Waals surface area (Å²) in [6.07, 6.45) is -1.47. The fourth-order valence-electron chi connectivity index (χ4n) is 2.38. The van der Waals surface area contributed by atoms with Gasteiger partial charge in [0.2, 0.25) is 0 Å². The molecule has 0 spiro atoms. The zero-order chi connectivity index (χ0) is 23.5. The molecule has 1 rings (SSSR count). The molecule has 5 nitrogen and oxygen atoms in total. The van der Waals surface area contributed by atoms with E-state index in [0.717, 1.165) is 0 Å². The molecule has 0 aromatic heterocycles. The zero-order valence-corrected chi connectivity index (χ0v) is 22.5. The predicted molar refractivity (Wildman–Crippen MR) is 128 cm³/mol. The van der Waals surface area contributed by atoms with E-state index in [0.29, 0.717) is 5.56 Å². The number of aromatic hydroxyl groups is 1. The van der Waals surface area contributed by atoms with Gasteiger partial charge < -0.3 is 19.1 Å². The van der Waals surface area contributed by atoms with Crippen LogP contribution in [0.15, 0.2) is 24.3 Å². The number of aliphatic hydroxyl groups excluding tert-OH is 1. The number of aliphatic hydroxyl groups is 1. The average molecular weight is 455 g/mol. The number of carbonyl (C=O) groups excluding carboxylic acids is 1. The van der Waals surface area contributed by atoms with Crippen molar-refractivity contribution in [1.29, 1.82) is 0 Å². The van der Waals surface area contributed by atoms with Crippen molar-refractivity contribution in [3.8, 4) is 5.75 Å². The molecule has 1 aromatic rings. The summed E-state index contributed by atoms with van der Waals surface area (Å²) in [7, 11) is -4.25. The van der Waals surface area contributed by atoms with Crippen molar-refractivity contribution in [3.05, 3.63) is 29.8 Å². The summed E-state index contributed by atoms with van der Waals surface area (Å²) >= 11 is 0. The van der Waals surface area contributed by atoms with Gasteiger partial charge >= 0.3 is 0 Å². The quantitative estimate of drug-likeness (QED) is 0.368. The SMILES string of the molecule is CC(C)(C)[Si](C)(C)OC[C@@H](O)[C@H](CC(=O)c1ccc(O)cc1)O[Si](C)(C)C(C)(C)C. The molecule has 2 atom stereocenters. The van der Waals surface area contributed by atoms with Gasteiger partial charge in [-0.05, 0) is 60.5 Å². The molecule has 0 heterocycles. The summed E-state index contributed by atoms with van der Waals surface area (Å²) in [6, 6.07) is 6.18. The molecule has 0 amide bonds. The molecule has 0 unspecified atom stereocenters. The standard InChI is InChI=1S/C23H42O5Si2/c1-22(2,3)29(7,8)27-16-20(26)21(28-30(9,10)23(4,5)6)15-19(25)17-11-13-18(24)14-12-17/h11-14,20-21,24,26H,15-16H2,1-10H3/t20-,21+/m1/s1. The molecule has 2 N–H and O–H groups in total. The lowest BCUT2D eigenvalue weighted by Crippen LogP contribution is -2.50. The van der Waals surface area contributed by atoms with Gasteiger partial charge in [0, 0.05) is 12.0 Å². The van der Waals surface area contributed by atoms with Crippen LogP contribution in [0, 0.1) is 0 Å². The Bertz CT molecular complexity index is 700. The van der Waals surface area contributed by atoms with Crippen LogP contribution in [0.4, 0.5) is 0 Å². The number of benzene rings is 1. The third-order valence-corrected chi connectivity index (χ3v) is 15.7. The van der Waals surface area contributed by atoms with Crippen LogP contribution in [0.2, 0.25) is 36.3 Å². The van der Waals surface area contributed by atoms with Crippen LogP contribution in [-0.2, 0) is 8.85 Å². The van der Waals surface area contributed by atoms with Crippen LogP contribution in [0.5, 0.6) is 5.75 Å². The van der Waals surface area contributed by atoms with Crippen molar-refractivity contribution in [2.75, 3.05) is 6.61 Å². The molecular formula is C23H42O5Si2. The normalized spacial score (nSPS) is 15.7. The highest BCUT2D eigenvalue weighted by Gasteiger charge is 2.42. The van der Waals surface area contributed by atoms with Gasteiger partial charge in [-0.2, -0.15) is 0 Å². The number of hydrogen-bond acceptors (Lipinski definition) is 5. The fourth-order valence-corrected chi connectivity index (χ4v) is 4.75. The second kappa shape index (κ2) is 9.65. The first kappa shape index (κ1) is 27.0. The van der Waals surface area contributed by atoms with E-state index >= 15 is 0 Å². The molecule has 30 heavy (non-hydrogen) atoms. The van der Waals surface area contributed by atoms with Crippen molar-refractivity contribution in [3.63, 3.8) is 0 Å². The number of phenols is 1. The van der Waals surface area contributed by atoms with Gasteiger partial charge in [0.1, 0.15) is 11.9 Å². The summed E-state index contributed by atoms with van der Waals surface area (Å²) in [6.45, 7) is 21.5. The van der Waals surface area contributed by atoms with Crippen molar-refractivity contribution < 1.29 is 23.9 Å². The number of Topliss-reactive ketones (excluding diaryl/α,β-unsaturated/α-hetero) is 1. The highest BCUT2D eigenvalue weighted by molar-refractivity contribution is 6.74. The smallest absolute Gasteiger partial charge is 0.192 e. The number of phenolic OH excluding ortho intramolecular Hbond substituents is 1. The van der Waals surface area contributed by atoms with Crippen LogP contribution in [0.1, 0.15) is 58.3 Å². The predicted octanol–water partition coefficient (Wildman–Crippen LogP) is 5.74. The minimum Gasteiger partial charge on any atom is -0.508 e. The molecule has 7 heteroatoms. The summed E-state index contributed by atoms with van der Waals surface area (Å²) in [5.74, 6) is -0.00601. The van der Waals surface area contributed by atoms with Gasteiger partial charge in [-0.25, -0.2) is 0 Å². The van der Waals surface area contributed by atoms with Crippen molar-refractivity contribution in [2.24, 2.45) is 0 Å². The Hall–Kier alpha value is -0.996. The van der Waals surface area contributed by atoms with Crippen molar-refractivity contribution in [2.45, 2.75) is 96.4 Å². The van der Waals surface area contributed by atoms with Crippen LogP contribution >= 0.6 is 0 Å². The third-order valence-electron chi connectivity index (χ3n) is 6.68. The van der Waals surface area contributed by atoms with Gasteiger partial charge in [-0.15, -0.1) is 0 Å². The highest BCUT2D eigenvalue weighted by atomic mass is 28.4. The van der Waals surface area contributed by atoms with Gasteiger partial charge in [-0.3, -0.25) is 4.79 Å². The van der Waals surface area contributed by atoms with E-state index in [1.54, 1.807) is 12.1 Å². The maximum Gasteiger partial charge on any atom is 0.192 e. The van der Waals surface area contributed by atoms with Crippen LogP contribution in [0.3, 0.4) is 0 Å². The molecule has 0 saturated heterocycles. The first-order chi connectivity index (χ1) is 13.4. The number of ketones is 1. The Morgan fingerprint density at radius 2 is 1.40 bits per heavy atom. The van der Waals surface area contributed by atoms with Gasteiger partial charge in [-0.1, -0.05) is 41.5 Å². The lowest BCUT2D eigenvalue weighted by Gasteiger charge is -2.41. The summed E-state index contributed by atoms with van der Waals surface area (Å²) in [4.78, 5) is 12.9. The Labute approximate surface area is 185 Å². The maximum atomic E-state index is 12.9. The largest absolute Gasteiger partial charge is 0.508 e. The lowest BCUT2D eigenvalue weighted by molar-refractivity contribution is -0.00545. The minimum atomic E-state index is -2.22. The fraction of sp³-hybridized carbons (Fsp3) is 0.696. The maximum absolute atomic E-state index is 12.9. The molecule has 1 aromatic carbocycles. The molecule has 0 aliphatic carbocycles. The molecule has 0 saturated carbocycles. The molecule has 0 fully saturated rings. The van der Waals surface area contributed by atoms with E-state index in [-0.39, 0.29) is 34.6 Å². The Kier molecular flexibility index (Phi) is 8.70. The van der Waals surface area contributed by atoms with Gasteiger partial charge in [0.25, 0.3) is 0 Å². The minimum absolute atomic E-state index is 0.0321. The van der Waals surface area contributed by atoms with Gasteiger partial charge in [0.15, 0.2) is 22.4 Å². The monoisotopic (exact) mass is 454 g/mol. The van der Waals surface area contributed by atoms with Gasteiger partial charge in [0.05, 0.1) is 12.7 Å². The highest BCUT2D eigenvalue weighted by Crippen LogP contribution is 2.39. The van der Waals surface area contributed by atoms with Crippen molar-refractivity contribution in [1.82, 2.24) is 0 Å². The Morgan fingerprint density at radius 3 is 1.83 bits per heavy atom. The topological polar surface area (TPSA) is 76.0 Å². The van der Waals surface area contributed by atoms with Crippen LogP contribution in [0.25, 0.3) is 0 Å². The number of carbonyl (C=O) groups is 1. The second-order valence-electron chi connectivity index (χ2n) is 11.2. The third kappa shape index (κ3) is 7.30. The van der Waals surface area contributed by atoms with Crippen molar-refractivity contribution >= 4 is 22.4 Å². The first-order valence-electron chi connectivity index (χ1n) is 10.7. The molecule has 172 valence electrons. The van der Waals surface area contributed by atoms with E-state index in [2.05, 4.69) is 67.7 Å². The van der Waals surface area contributed by atoms with Crippen LogP contribution < -0.4 is 0 Å². The lowest BCUT2D eigenvalue weighted by atomic mass is 10.0. The summed E-state index contributed by atoms with van der Waals surface area (Å²) < 4.78 is 12.7. The average Bonchev–Trinajstić information content (AvgIpc) is 2.57. The number of hydrogen-bond donors (Lipinski definition) is 2. The van der Waals surface area contributed by atoms with E-state index in [4.69, 9.17) is 8.85 Å². The molecule has 0 aliphatic rings. The molecule has 0 radical (unpaired) electrons. The van der Waals surface area contributed by atoms with E-state index in [9.17, 15) is 15.0 Å². The summed E-state index contributed by atoms with van der Waals surface area (Å²) in [5.41, 5.74) is 0.495. The molecule has 0 bridgehead atoms. The first-order valence-corrected chi connectivity index (χ1v) is 16.5. The number of rotatable bonds is 9. The van der Waals surface area contributed by atoms with E-state index in [1.165, 1.54) is 12.1 Å². The van der Waals surface area contributed by atoms with Crippen LogP contribution in [-0.4, -0.2) is 51.4 Å². The molecule has 0 aliphatic heterocycles. The zero-order valence-electron chi connectivity index (χ0n) is 20.5. The van der Waals surface area contributed by atoms with E-state index in [1.807, 2.05) is 0 Å². The second-order valence-corrected chi connectivity index (χ2v) is 20.8. The molecular weight excluding hydrogens is 412 g/mol. The Morgan fingerprint density at radius 1 is 0.933 bits per heavy atom. The summed E-state index contributed by atoms with van der Waals surface area (Å²) in [5, 5.41) is 20.5. The van der Waals surface area contributed by atoms with E-state index < -0.39 is 28.8 Å². The Balaban J connectivity index is 3.04.